The van der Waals surface area contributed by atoms with E-state index in [1.165, 1.54) is 17.8 Å². The SMILES string of the molecule is CC.c1cnc2c(c1)NCCC2. The first-order valence-corrected chi connectivity index (χ1v) is 4.64. The molecule has 0 saturated heterocycles. The fourth-order valence-electron chi connectivity index (χ4n) is 1.28. The first-order valence-electron chi connectivity index (χ1n) is 4.64. The third-order valence-corrected chi connectivity index (χ3v) is 1.80. The van der Waals surface area contributed by atoms with Crippen molar-refractivity contribution in [2.45, 2.75) is 26.7 Å². The van der Waals surface area contributed by atoms with Crippen LogP contribution in [0.5, 0.6) is 0 Å². The molecule has 2 heteroatoms. The minimum absolute atomic E-state index is 1.10. The molecule has 0 spiro atoms. The molecule has 0 saturated carbocycles. The van der Waals surface area contributed by atoms with Gasteiger partial charge in [-0.3, -0.25) is 4.98 Å². The maximum absolute atomic E-state index is 4.26. The smallest absolute Gasteiger partial charge is 0.0635 e. The Morgan fingerprint density at radius 1 is 1.42 bits per heavy atom. The van der Waals surface area contributed by atoms with Gasteiger partial charge in [-0.1, -0.05) is 13.8 Å². The van der Waals surface area contributed by atoms with Gasteiger partial charge >= 0.3 is 0 Å². The van der Waals surface area contributed by atoms with Crippen LogP contribution >= 0.6 is 0 Å². The second kappa shape index (κ2) is 4.75. The fourth-order valence-corrected chi connectivity index (χ4v) is 1.28. The molecule has 66 valence electrons. The van der Waals surface area contributed by atoms with Gasteiger partial charge in [0.25, 0.3) is 0 Å². The van der Waals surface area contributed by atoms with E-state index in [1.807, 2.05) is 26.1 Å². The molecule has 1 aromatic heterocycles. The lowest BCUT2D eigenvalue weighted by Crippen LogP contribution is -2.12. The summed E-state index contributed by atoms with van der Waals surface area (Å²) in [6.07, 6.45) is 4.19. The number of nitrogens with one attached hydrogen (secondary N) is 1. The number of fused-ring (bicyclic) bond motifs is 1. The zero-order valence-corrected chi connectivity index (χ0v) is 7.80. The van der Waals surface area contributed by atoms with Crippen LogP contribution in [0.1, 0.15) is 26.0 Å². The summed E-state index contributed by atoms with van der Waals surface area (Å²) in [5, 5.41) is 3.30. The summed E-state index contributed by atoms with van der Waals surface area (Å²) in [4.78, 5) is 4.26. The van der Waals surface area contributed by atoms with Crippen molar-refractivity contribution in [3.63, 3.8) is 0 Å². The molecule has 0 fully saturated rings. The average Bonchev–Trinajstić information content (AvgIpc) is 2.21. The molecule has 0 radical (unpaired) electrons. The maximum atomic E-state index is 4.26. The molecular weight excluding hydrogens is 148 g/mol. The summed E-state index contributed by atoms with van der Waals surface area (Å²) in [5.74, 6) is 0. The molecule has 2 rings (SSSR count). The molecule has 1 aliphatic rings. The maximum Gasteiger partial charge on any atom is 0.0635 e. The highest BCUT2D eigenvalue weighted by molar-refractivity contribution is 5.48. The van der Waals surface area contributed by atoms with Gasteiger partial charge in [0.2, 0.25) is 0 Å². The van der Waals surface area contributed by atoms with E-state index in [0.29, 0.717) is 0 Å². The predicted molar refractivity (Wildman–Crippen MR) is 52.4 cm³/mol. The van der Waals surface area contributed by atoms with Crippen LogP contribution in [0.15, 0.2) is 18.3 Å². The molecule has 0 aliphatic carbocycles. The van der Waals surface area contributed by atoms with Crippen LogP contribution in [0, 0.1) is 0 Å². The number of aromatic nitrogens is 1. The van der Waals surface area contributed by atoms with E-state index in [4.69, 9.17) is 0 Å². The number of pyridine rings is 1. The summed E-state index contributed by atoms with van der Waals surface area (Å²) in [6.45, 7) is 5.10. The van der Waals surface area contributed by atoms with Gasteiger partial charge in [-0.05, 0) is 25.0 Å². The van der Waals surface area contributed by atoms with E-state index in [-0.39, 0.29) is 0 Å². The van der Waals surface area contributed by atoms with Crippen molar-refractivity contribution in [3.05, 3.63) is 24.0 Å². The van der Waals surface area contributed by atoms with Gasteiger partial charge in [0.05, 0.1) is 11.4 Å². The Kier molecular flexibility index (Phi) is 3.58. The van der Waals surface area contributed by atoms with Gasteiger partial charge in [-0.2, -0.15) is 0 Å². The highest BCUT2D eigenvalue weighted by Crippen LogP contribution is 2.17. The van der Waals surface area contributed by atoms with Crippen molar-refractivity contribution in [3.8, 4) is 0 Å². The Labute approximate surface area is 74.0 Å². The lowest BCUT2D eigenvalue weighted by atomic mass is 10.1. The van der Waals surface area contributed by atoms with Crippen LogP contribution < -0.4 is 5.32 Å². The van der Waals surface area contributed by atoms with Gasteiger partial charge in [-0.15, -0.1) is 0 Å². The summed E-state index contributed by atoms with van der Waals surface area (Å²) in [5.41, 5.74) is 2.43. The predicted octanol–water partition coefficient (Wildman–Crippen LogP) is 2.47. The molecule has 0 aromatic carbocycles. The van der Waals surface area contributed by atoms with Crippen molar-refractivity contribution in [2.24, 2.45) is 0 Å². The molecular formula is C10H16N2. The van der Waals surface area contributed by atoms with Gasteiger partial charge in [-0.25, -0.2) is 0 Å². The van der Waals surface area contributed by atoms with Crippen LogP contribution in [0.2, 0.25) is 0 Å². The molecule has 12 heavy (non-hydrogen) atoms. The average molecular weight is 164 g/mol. The van der Waals surface area contributed by atoms with Crippen molar-refractivity contribution >= 4 is 5.69 Å². The Bertz CT molecular complexity index is 208. The second-order valence-corrected chi connectivity index (χ2v) is 2.53. The lowest BCUT2D eigenvalue weighted by molar-refractivity contribution is 0.802. The molecule has 0 bridgehead atoms. The fraction of sp³-hybridized carbons (Fsp3) is 0.500. The first kappa shape index (κ1) is 9.04. The molecule has 2 nitrogen and oxygen atoms in total. The Morgan fingerprint density at radius 2 is 2.25 bits per heavy atom. The third-order valence-electron chi connectivity index (χ3n) is 1.80. The van der Waals surface area contributed by atoms with Gasteiger partial charge in [0.15, 0.2) is 0 Å². The number of hydrogen-bond acceptors (Lipinski definition) is 2. The van der Waals surface area contributed by atoms with E-state index < -0.39 is 0 Å². The van der Waals surface area contributed by atoms with Gasteiger partial charge in [0.1, 0.15) is 0 Å². The Morgan fingerprint density at radius 3 is 3.00 bits per heavy atom. The zero-order chi connectivity index (χ0) is 8.81. The quantitative estimate of drug-likeness (QED) is 0.637. The largest absolute Gasteiger partial charge is 0.384 e. The normalized spacial score (nSPS) is 13.5. The summed E-state index contributed by atoms with van der Waals surface area (Å²) < 4.78 is 0. The monoisotopic (exact) mass is 164 g/mol. The van der Waals surface area contributed by atoms with Crippen LogP contribution in [-0.4, -0.2) is 11.5 Å². The molecule has 0 unspecified atom stereocenters. The molecule has 1 aliphatic heterocycles. The lowest BCUT2D eigenvalue weighted by Gasteiger charge is -2.15. The Balaban J connectivity index is 0.000000336. The highest BCUT2D eigenvalue weighted by Gasteiger charge is 2.06. The number of nitrogens with zero attached hydrogens (tertiary/aromatic N) is 1. The summed E-state index contributed by atoms with van der Waals surface area (Å²) >= 11 is 0. The second-order valence-electron chi connectivity index (χ2n) is 2.53. The van der Waals surface area contributed by atoms with E-state index in [1.54, 1.807) is 0 Å². The molecule has 1 aromatic rings. The Hall–Kier alpha value is -1.05. The van der Waals surface area contributed by atoms with Crippen molar-refractivity contribution in [2.75, 3.05) is 11.9 Å². The molecule has 1 N–H and O–H groups in total. The first-order chi connectivity index (χ1) is 5.97. The number of aryl methyl sites for hydroxylation is 1. The number of anilines is 1. The third kappa shape index (κ3) is 1.97. The van der Waals surface area contributed by atoms with Crippen molar-refractivity contribution < 1.29 is 0 Å². The van der Waals surface area contributed by atoms with E-state index in [2.05, 4.69) is 16.4 Å². The number of rotatable bonds is 0. The van der Waals surface area contributed by atoms with E-state index in [0.717, 1.165) is 13.0 Å². The molecule has 0 amide bonds. The summed E-state index contributed by atoms with van der Waals surface area (Å²) in [7, 11) is 0. The molecule has 0 atom stereocenters. The minimum atomic E-state index is 1.10. The van der Waals surface area contributed by atoms with Crippen molar-refractivity contribution in [1.82, 2.24) is 4.98 Å². The van der Waals surface area contributed by atoms with Crippen LogP contribution in [0.4, 0.5) is 5.69 Å². The van der Waals surface area contributed by atoms with Gasteiger partial charge < -0.3 is 5.32 Å². The van der Waals surface area contributed by atoms with E-state index >= 15 is 0 Å². The van der Waals surface area contributed by atoms with E-state index in [9.17, 15) is 0 Å². The standard InChI is InChI=1S/C8H10N2.C2H6/c1-3-7-8(9-5-1)4-2-6-10-7;1-2/h1,3,5,10H,2,4,6H2;1-2H3. The van der Waals surface area contributed by atoms with Crippen LogP contribution in [-0.2, 0) is 6.42 Å². The molecule has 2 heterocycles. The zero-order valence-electron chi connectivity index (χ0n) is 7.80. The minimum Gasteiger partial charge on any atom is -0.384 e. The van der Waals surface area contributed by atoms with Crippen LogP contribution in [0.3, 0.4) is 0 Å². The highest BCUT2D eigenvalue weighted by atomic mass is 14.9. The summed E-state index contributed by atoms with van der Waals surface area (Å²) in [6, 6.07) is 4.05. The topological polar surface area (TPSA) is 24.9 Å². The van der Waals surface area contributed by atoms with Crippen LogP contribution in [0.25, 0.3) is 0 Å². The van der Waals surface area contributed by atoms with Gasteiger partial charge in [0, 0.05) is 12.7 Å². The number of hydrogen-bond donors (Lipinski definition) is 1. The van der Waals surface area contributed by atoms with Crippen molar-refractivity contribution in [1.29, 1.82) is 0 Å².